The Balaban J connectivity index is 0.00000289. The SMILES string of the molecule is Br.Br.Oc1ccc(CCNCCCCCCCCNc2cccc3c(O)c(O)ccc23)cc1O. The summed E-state index contributed by atoms with van der Waals surface area (Å²) in [5.41, 5.74) is 1.99. The Hall–Kier alpha value is -2.16. The van der Waals surface area contributed by atoms with E-state index in [0.717, 1.165) is 55.5 Å². The van der Waals surface area contributed by atoms with Crippen molar-refractivity contribution in [3.8, 4) is 23.0 Å². The zero-order valence-corrected chi connectivity index (χ0v) is 22.7. The molecule has 34 heavy (non-hydrogen) atoms. The van der Waals surface area contributed by atoms with Crippen molar-refractivity contribution < 1.29 is 20.4 Å². The number of aromatic hydroxyl groups is 4. The van der Waals surface area contributed by atoms with Gasteiger partial charge in [0.2, 0.25) is 0 Å². The van der Waals surface area contributed by atoms with Crippen LogP contribution in [0.5, 0.6) is 23.0 Å². The summed E-state index contributed by atoms with van der Waals surface area (Å²) in [4.78, 5) is 0. The summed E-state index contributed by atoms with van der Waals surface area (Å²) < 4.78 is 0. The van der Waals surface area contributed by atoms with Gasteiger partial charge in [-0.25, -0.2) is 0 Å². The van der Waals surface area contributed by atoms with Crippen LogP contribution in [0, 0.1) is 0 Å². The number of benzene rings is 3. The standard InChI is InChI=1S/C26H34N2O4.2BrH/c29-23-12-10-19(18-25(23)31)14-17-27-15-5-3-1-2-4-6-16-28-22-9-7-8-21-20(22)11-13-24(30)26(21)32;;/h7-13,18,27-32H,1-6,14-17H2;2*1H. The summed E-state index contributed by atoms with van der Waals surface area (Å²) in [6, 6.07) is 14.0. The molecular weight excluding hydrogens is 564 g/mol. The molecule has 0 aliphatic heterocycles. The third-order valence-electron chi connectivity index (χ3n) is 5.74. The van der Waals surface area contributed by atoms with Crippen LogP contribution in [-0.4, -0.2) is 40.1 Å². The van der Waals surface area contributed by atoms with Gasteiger partial charge in [-0.1, -0.05) is 43.9 Å². The van der Waals surface area contributed by atoms with Gasteiger partial charge in [-0.3, -0.25) is 0 Å². The van der Waals surface area contributed by atoms with Gasteiger partial charge >= 0.3 is 0 Å². The van der Waals surface area contributed by atoms with Crippen LogP contribution in [0.2, 0.25) is 0 Å². The second-order valence-corrected chi connectivity index (χ2v) is 8.21. The molecule has 6 nitrogen and oxygen atoms in total. The van der Waals surface area contributed by atoms with Crippen molar-refractivity contribution in [1.82, 2.24) is 5.32 Å². The number of rotatable bonds is 13. The predicted octanol–water partition coefficient (Wildman–Crippen LogP) is 6.40. The van der Waals surface area contributed by atoms with E-state index in [-0.39, 0.29) is 57.0 Å². The third kappa shape index (κ3) is 8.89. The lowest BCUT2D eigenvalue weighted by Gasteiger charge is -2.11. The van der Waals surface area contributed by atoms with E-state index in [0.29, 0.717) is 5.39 Å². The summed E-state index contributed by atoms with van der Waals surface area (Å²) in [5, 5.41) is 47.0. The number of phenolic OH excluding ortho intramolecular Hbond substituents is 4. The number of anilines is 1. The minimum atomic E-state index is -0.0949. The fourth-order valence-electron chi connectivity index (χ4n) is 3.87. The van der Waals surface area contributed by atoms with E-state index in [1.165, 1.54) is 37.8 Å². The lowest BCUT2D eigenvalue weighted by atomic mass is 10.1. The molecule has 188 valence electrons. The molecule has 0 heterocycles. The van der Waals surface area contributed by atoms with Crippen LogP contribution in [0.15, 0.2) is 48.5 Å². The quantitative estimate of drug-likeness (QED) is 0.100. The highest BCUT2D eigenvalue weighted by molar-refractivity contribution is 8.93. The highest BCUT2D eigenvalue weighted by Crippen LogP contribution is 2.36. The van der Waals surface area contributed by atoms with Crippen LogP contribution >= 0.6 is 34.0 Å². The first-order valence-corrected chi connectivity index (χ1v) is 11.5. The lowest BCUT2D eigenvalue weighted by Crippen LogP contribution is -2.18. The molecule has 0 atom stereocenters. The van der Waals surface area contributed by atoms with Gasteiger partial charge in [0.1, 0.15) is 0 Å². The second kappa shape index (κ2) is 15.7. The maximum Gasteiger partial charge on any atom is 0.165 e. The maximum absolute atomic E-state index is 10.0. The molecular formula is C26H36Br2N2O4. The van der Waals surface area contributed by atoms with Gasteiger partial charge in [0, 0.05) is 23.0 Å². The Labute approximate surface area is 222 Å². The molecule has 0 saturated heterocycles. The topological polar surface area (TPSA) is 105 Å². The summed E-state index contributed by atoms with van der Waals surface area (Å²) in [7, 11) is 0. The first-order valence-electron chi connectivity index (χ1n) is 11.5. The molecule has 0 aliphatic rings. The number of fused-ring (bicyclic) bond motifs is 1. The average Bonchev–Trinajstić information content (AvgIpc) is 2.79. The fraction of sp³-hybridized carbons (Fsp3) is 0.385. The van der Waals surface area contributed by atoms with E-state index in [2.05, 4.69) is 10.6 Å². The van der Waals surface area contributed by atoms with Gasteiger partial charge in [0.05, 0.1) is 0 Å². The largest absolute Gasteiger partial charge is 0.504 e. The highest BCUT2D eigenvalue weighted by Gasteiger charge is 2.08. The molecule has 0 radical (unpaired) electrons. The van der Waals surface area contributed by atoms with E-state index in [1.54, 1.807) is 6.07 Å². The third-order valence-corrected chi connectivity index (χ3v) is 5.74. The van der Waals surface area contributed by atoms with Gasteiger partial charge in [-0.2, -0.15) is 0 Å². The first-order chi connectivity index (χ1) is 15.6. The zero-order valence-electron chi connectivity index (χ0n) is 19.3. The molecule has 3 rings (SSSR count). The van der Waals surface area contributed by atoms with Crippen LogP contribution in [0.25, 0.3) is 10.8 Å². The number of hydrogen-bond donors (Lipinski definition) is 6. The monoisotopic (exact) mass is 598 g/mol. The normalized spacial score (nSPS) is 10.5. The molecule has 3 aromatic rings. The smallest absolute Gasteiger partial charge is 0.165 e. The number of halogens is 2. The maximum atomic E-state index is 10.0. The Morgan fingerprint density at radius 1 is 0.588 bits per heavy atom. The van der Waals surface area contributed by atoms with Gasteiger partial charge in [-0.15, -0.1) is 34.0 Å². The van der Waals surface area contributed by atoms with Crippen LogP contribution in [0.1, 0.15) is 44.1 Å². The van der Waals surface area contributed by atoms with Crippen molar-refractivity contribution in [2.24, 2.45) is 0 Å². The highest BCUT2D eigenvalue weighted by atomic mass is 79.9. The van der Waals surface area contributed by atoms with Crippen molar-refractivity contribution in [1.29, 1.82) is 0 Å². The molecule has 0 saturated carbocycles. The fourth-order valence-corrected chi connectivity index (χ4v) is 3.87. The predicted molar refractivity (Wildman–Crippen MR) is 150 cm³/mol. The summed E-state index contributed by atoms with van der Waals surface area (Å²) in [5.74, 6) is -0.301. The van der Waals surface area contributed by atoms with E-state index in [9.17, 15) is 20.4 Å². The Bertz CT molecular complexity index is 1020. The summed E-state index contributed by atoms with van der Waals surface area (Å²) in [6.45, 7) is 2.74. The van der Waals surface area contributed by atoms with Crippen LogP contribution in [0.4, 0.5) is 5.69 Å². The molecule has 0 bridgehead atoms. The summed E-state index contributed by atoms with van der Waals surface area (Å²) in [6.07, 6.45) is 7.93. The van der Waals surface area contributed by atoms with E-state index in [4.69, 9.17) is 0 Å². The number of nitrogens with one attached hydrogen (secondary N) is 2. The Morgan fingerprint density at radius 2 is 1.26 bits per heavy atom. The molecule has 0 aromatic heterocycles. The first kappa shape index (κ1) is 29.9. The van der Waals surface area contributed by atoms with Crippen LogP contribution in [0.3, 0.4) is 0 Å². The van der Waals surface area contributed by atoms with Crippen molar-refractivity contribution in [2.45, 2.75) is 44.9 Å². The van der Waals surface area contributed by atoms with Gasteiger partial charge in [0.25, 0.3) is 0 Å². The van der Waals surface area contributed by atoms with E-state index >= 15 is 0 Å². The summed E-state index contributed by atoms with van der Waals surface area (Å²) >= 11 is 0. The van der Waals surface area contributed by atoms with E-state index < -0.39 is 0 Å². The molecule has 0 amide bonds. The van der Waals surface area contributed by atoms with Gasteiger partial charge in [0.15, 0.2) is 23.0 Å². The molecule has 0 aliphatic carbocycles. The molecule has 8 heteroatoms. The van der Waals surface area contributed by atoms with Gasteiger partial charge < -0.3 is 31.1 Å². The van der Waals surface area contributed by atoms with Crippen molar-refractivity contribution in [2.75, 3.05) is 25.0 Å². The molecule has 0 spiro atoms. The van der Waals surface area contributed by atoms with Crippen LogP contribution < -0.4 is 10.6 Å². The lowest BCUT2D eigenvalue weighted by molar-refractivity contribution is 0.403. The average molecular weight is 600 g/mol. The van der Waals surface area contributed by atoms with Crippen molar-refractivity contribution >= 4 is 50.4 Å². The van der Waals surface area contributed by atoms with Crippen LogP contribution in [-0.2, 0) is 6.42 Å². The van der Waals surface area contributed by atoms with Crippen molar-refractivity contribution in [3.63, 3.8) is 0 Å². The Morgan fingerprint density at radius 3 is 2.00 bits per heavy atom. The van der Waals surface area contributed by atoms with E-state index in [1.807, 2.05) is 30.3 Å². The molecule has 3 aromatic carbocycles. The molecule has 6 N–H and O–H groups in total. The number of hydrogen-bond acceptors (Lipinski definition) is 6. The molecule has 0 fully saturated rings. The number of unbranched alkanes of at least 4 members (excludes halogenated alkanes) is 5. The number of phenols is 4. The molecule has 0 unspecified atom stereocenters. The van der Waals surface area contributed by atoms with Crippen molar-refractivity contribution in [3.05, 3.63) is 54.1 Å². The minimum Gasteiger partial charge on any atom is -0.504 e. The van der Waals surface area contributed by atoms with Gasteiger partial charge in [-0.05, 0) is 68.2 Å². The second-order valence-electron chi connectivity index (χ2n) is 8.21. The minimum absolute atomic E-state index is 0. The zero-order chi connectivity index (χ0) is 22.8. The Kier molecular flexibility index (Phi) is 13.8.